The van der Waals surface area contributed by atoms with Crippen LogP contribution < -0.4 is 18.9 Å². The van der Waals surface area contributed by atoms with Gasteiger partial charge in [0.1, 0.15) is 50.2 Å². The van der Waals surface area contributed by atoms with E-state index in [2.05, 4.69) is 215 Å². The van der Waals surface area contributed by atoms with E-state index in [0.29, 0.717) is 75.6 Å². The van der Waals surface area contributed by atoms with Crippen LogP contribution in [-0.2, 0) is 49.7 Å². The maximum atomic E-state index is 13.4. The Balaban J connectivity index is 0.000000254. The Morgan fingerprint density at radius 2 is 0.661 bits per heavy atom. The summed E-state index contributed by atoms with van der Waals surface area (Å²) in [4.78, 5) is 0. The minimum atomic E-state index is -0.299. The number of rotatable bonds is 1. The fourth-order valence-corrected chi connectivity index (χ4v) is 14.6. The van der Waals surface area contributed by atoms with E-state index in [4.69, 9.17) is 102 Å². The van der Waals surface area contributed by atoms with E-state index in [0.717, 1.165) is 88.8 Å². The number of benzene rings is 11. The first-order valence-electron chi connectivity index (χ1n) is 42.2. The summed E-state index contributed by atoms with van der Waals surface area (Å²) in [6.07, 6.45) is 0.908. The second-order valence-electron chi connectivity index (χ2n) is 40.3. The predicted molar refractivity (Wildman–Crippen MR) is 521 cm³/mol. The third-order valence-electron chi connectivity index (χ3n) is 20.2. The summed E-state index contributed by atoms with van der Waals surface area (Å²) in [5.74, 6) is 2.57. The lowest BCUT2D eigenvalue weighted by atomic mass is 9.83. The lowest BCUT2D eigenvalue weighted by Gasteiger charge is -2.27. The SMILES string of the molecule is CC(C)(C)Cc1c(Cl)cccc1Cl.CC(C)(C)c1ccc(C#N)c(Cl)c1.CC(C)(C)c1ccc(C#N)c2c1OCCO2.CC(C)(C)c1ccc(C#N)c2ccc(F)cc12.CC(C)(C)c1ccc(C#N)c2ccccc12.CC(C)(C)c1ccc(C#N)cc1.CC(C)(C)c1ccc(C#N)cc1Cl.CC(C)(C)c1ccc(C#N)cc1F.CC(C)(C)c1cccc2c1OCCO2. The van der Waals surface area contributed by atoms with Crippen molar-refractivity contribution < 1.29 is 27.7 Å². The van der Waals surface area contributed by atoms with Gasteiger partial charge in [-0.2, -0.15) is 36.8 Å². The zero-order valence-corrected chi connectivity index (χ0v) is 82.1. The molecule has 2 heterocycles. The Kier molecular flexibility index (Phi) is 37.9. The van der Waals surface area contributed by atoms with Crippen LogP contribution in [0.25, 0.3) is 21.5 Å². The zero-order valence-electron chi connectivity index (χ0n) is 79.0. The van der Waals surface area contributed by atoms with Gasteiger partial charge in [0.25, 0.3) is 0 Å². The third kappa shape index (κ3) is 31.8. The maximum absolute atomic E-state index is 13.4. The van der Waals surface area contributed by atoms with Crippen molar-refractivity contribution in [3.05, 3.63) is 315 Å². The second-order valence-corrected chi connectivity index (χ2v) is 41.9. The van der Waals surface area contributed by atoms with Crippen molar-refractivity contribution in [2.45, 2.75) is 237 Å². The molecule has 2 aliphatic rings. The van der Waals surface area contributed by atoms with Crippen molar-refractivity contribution in [2.24, 2.45) is 5.41 Å². The molecule has 0 aliphatic carbocycles. The average Bonchev–Trinajstić information content (AvgIpc) is 0.779. The molecule has 17 heteroatoms. The number of nitriles is 7. The second kappa shape index (κ2) is 45.3. The molecule has 0 atom stereocenters. The molecule has 0 bridgehead atoms. The van der Waals surface area contributed by atoms with Crippen molar-refractivity contribution >= 4 is 67.9 Å². The van der Waals surface area contributed by atoms with Crippen LogP contribution in [0.2, 0.25) is 20.1 Å². The van der Waals surface area contributed by atoms with Gasteiger partial charge in [-0.25, -0.2) is 8.78 Å². The molecule has 0 fully saturated rings. The number of ether oxygens (including phenoxy) is 4. The van der Waals surface area contributed by atoms with E-state index in [1.807, 2.05) is 142 Å². The molecule has 664 valence electrons. The summed E-state index contributed by atoms with van der Waals surface area (Å²) in [6.45, 7) is 59.6. The summed E-state index contributed by atoms with van der Waals surface area (Å²) in [5, 5.41) is 68.2. The first-order chi connectivity index (χ1) is 58.9. The Morgan fingerprint density at radius 3 is 1.11 bits per heavy atom. The standard InChI is InChI=1S/C15H14FN.C15H15N.C13H15NO2.C12H16O2.C11H14Cl2.2C11H12ClN.C11H12FN.C11H13N/c1-15(2,3)14-7-4-10(9-17)12-6-5-11(16)8-13(12)14;1-15(2,3)14-9-8-11(10-16)12-6-4-5-7-13(12)14;1-13(2,3)10-5-4-9(8-14)11-12(10)16-7-6-15-11;1-12(2,3)9-5-4-6-10-11(9)14-8-7-13-10;1-11(2,3)7-8-9(12)5-4-6-10(8)13;1-11(2,3)9-5-4-8(7-13)10(12)6-9;2*1-11(2,3)9-5-4-8(7-13)6-10(9)12;1-11(2,3)10-6-4-9(8-12)5-7-10/h4-8H,1-3H3;4-9H,1-3H3;4-5H,6-7H2,1-3H3;4-6H,7-8H2,1-3H3;4-6H,7H2,1-3H3;3*4-6H,1-3H3;4-7H,1-3H3. The fourth-order valence-electron chi connectivity index (χ4n) is 13.3. The molecule has 0 saturated heterocycles. The monoisotopic (exact) mass is 1780 g/mol. The summed E-state index contributed by atoms with van der Waals surface area (Å²) in [6, 6.07) is 73.9. The third-order valence-corrected chi connectivity index (χ3v) is 21.5. The van der Waals surface area contributed by atoms with Gasteiger partial charge in [-0.05, 0) is 213 Å². The molecule has 0 aromatic heterocycles. The topological polar surface area (TPSA) is 203 Å². The highest BCUT2D eigenvalue weighted by Crippen LogP contribution is 2.44. The van der Waals surface area contributed by atoms with Gasteiger partial charge in [0.05, 0.1) is 74.3 Å². The summed E-state index contributed by atoms with van der Waals surface area (Å²) in [7, 11) is 0. The summed E-state index contributed by atoms with van der Waals surface area (Å²) >= 11 is 24.1. The number of hydrogen-bond acceptors (Lipinski definition) is 11. The molecule has 0 saturated carbocycles. The molecule has 0 N–H and O–H groups in total. The minimum Gasteiger partial charge on any atom is -0.486 e. The number of hydrogen-bond donors (Lipinski definition) is 0. The first-order valence-corrected chi connectivity index (χ1v) is 43.7. The smallest absolute Gasteiger partial charge is 0.179 e. The Morgan fingerprint density at radius 1 is 0.276 bits per heavy atom. The van der Waals surface area contributed by atoms with Crippen LogP contribution in [0, 0.1) is 96.4 Å². The Bertz CT molecular complexity index is 5850. The van der Waals surface area contributed by atoms with E-state index in [9.17, 15) is 8.78 Å². The molecule has 0 amide bonds. The Labute approximate surface area is 776 Å². The average molecular weight is 1790 g/mol. The van der Waals surface area contributed by atoms with Crippen LogP contribution in [0.4, 0.5) is 8.78 Å². The van der Waals surface area contributed by atoms with Crippen LogP contribution in [0.15, 0.2) is 194 Å². The molecule has 0 radical (unpaired) electrons. The van der Waals surface area contributed by atoms with Crippen LogP contribution in [0.3, 0.4) is 0 Å². The van der Waals surface area contributed by atoms with E-state index in [1.165, 1.54) is 40.3 Å². The van der Waals surface area contributed by atoms with Crippen LogP contribution in [0.5, 0.6) is 23.0 Å². The number of nitrogens with zero attached hydrogens (tertiary/aromatic N) is 7. The van der Waals surface area contributed by atoms with E-state index in [-0.39, 0.29) is 60.4 Å². The van der Waals surface area contributed by atoms with Gasteiger partial charge >= 0.3 is 0 Å². The quantitative estimate of drug-likeness (QED) is 0.151. The first kappa shape index (κ1) is 106. The van der Waals surface area contributed by atoms with Crippen LogP contribution in [-0.4, -0.2) is 26.4 Å². The molecule has 11 aromatic rings. The molecule has 0 spiro atoms. The molecular weight excluding hydrogens is 1660 g/mol. The molecule has 2 aliphatic heterocycles. The van der Waals surface area contributed by atoms with Crippen molar-refractivity contribution in [2.75, 3.05) is 26.4 Å². The lowest BCUT2D eigenvalue weighted by Crippen LogP contribution is -2.21. The highest BCUT2D eigenvalue weighted by atomic mass is 35.5. The lowest BCUT2D eigenvalue weighted by molar-refractivity contribution is 0.167. The maximum Gasteiger partial charge on any atom is 0.179 e. The number of fused-ring (bicyclic) bond motifs is 4. The van der Waals surface area contributed by atoms with Crippen molar-refractivity contribution in [1.29, 1.82) is 36.8 Å². The minimum absolute atomic E-state index is 0.0151. The number of halogens is 6. The van der Waals surface area contributed by atoms with Gasteiger partial charge in [0.2, 0.25) is 0 Å². The number of para-hydroxylation sites is 1. The molecule has 11 aromatic carbocycles. The molecule has 127 heavy (non-hydrogen) atoms. The highest BCUT2D eigenvalue weighted by Gasteiger charge is 2.29. The van der Waals surface area contributed by atoms with E-state index < -0.39 is 0 Å². The van der Waals surface area contributed by atoms with Crippen LogP contribution in [0.1, 0.15) is 276 Å². The van der Waals surface area contributed by atoms with Gasteiger partial charge < -0.3 is 18.9 Å². The van der Waals surface area contributed by atoms with Gasteiger partial charge in [-0.1, -0.05) is 330 Å². The van der Waals surface area contributed by atoms with E-state index in [1.54, 1.807) is 48.5 Å². The van der Waals surface area contributed by atoms with Gasteiger partial charge in [-0.15, -0.1) is 0 Å². The summed E-state index contributed by atoms with van der Waals surface area (Å²) in [5.41, 5.74) is 14.4. The molecular formula is C110H123Cl4F2N7O4. The van der Waals surface area contributed by atoms with Gasteiger partial charge in [-0.3, -0.25) is 0 Å². The normalized spacial score (nSPS) is 12.1. The highest BCUT2D eigenvalue weighted by molar-refractivity contribution is 6.36. The van der Waals surface area contributed by atoms with Crippen molar-refractivity contribution in [1.82, 2.24) is 0 Å². The predicted octanol–water partition coefficient (Wildman–Crippen LogP) is 31.0. The summed E-state index contributed by atoms with van der Waals surface area (Å²) < 4.78 is 49.1. The van der Waals surface area contributed by atoms with Gasteiger partial charge in [0, 0.05) is 26.2 Å². The van der Waals surface area contributed by atoms with Crippen molar-refractivity contribution in [3.63, 3.8) is 0 Å². The Hall–Kier alpha value is -11.4. The van der Waals surface area contributed by atoms with Crippen LogP contribution >= 0.6 is 46.4 Å². The molecule has 11 nitrogen and oxygen atoms in total. The largest absolute Gasteiger partial charge is 0.486 e. The fraction of sp³-hybridized carbons (Fsp3) is 0.373. The van der Waals surface area contributed by atoms with Crippen molar-refractivity contribution in [3.8, 4) is 65.5 Å². The molecule has 0 unspecified atom stereocenters. The molecule has 13 rings (SSSR count). The van der Waals surface area contributed by atoms with E-state index >= 15 is 0 Å². The van der Waals surface area contributed by atoms with Gasteiger partial charge in [0.15, 0.2) is 23.0 Å². The zero-order chi connectivity index (χ0) is 95.8.